The molecule has 16 heavy (non-hydrogen) atoms. The summed E-state index contributed by atoms with van der Waals surface area (Å²) in [5.41, 5.74) is -0.750. The fourth-order valence-corrected chi connectivity index (χ4v) is 1.10. The van der Waals surface area contributed by atoms with Gasteiger partial charge in [-0.1, -0.05) is 11.6 Å². The molecule has 0 heterocycles. The van der Waals surface area contributed by atoms with Gasteiger partial charge in [0.25, 0.3) is 0 Å². The van der Waals surface area contributed by atoms with Crippen LogP contribution in [0.3, 0.4) is 0 Å². The van der Waals surface area contributed by atoms with E-state index < -0.39 is 17.5 Å². The SMILES string of the molecule is C/C(=C\C(=O)c1ccc(Cl)cc1)C(F)(F)F. The molecule has 1 rings (SSSR count). The molecule has 0 unspecified atom stereocenters. The molecule has 0 amide bonds. The summed E-state index contributed by atoms with van der Waals surface area (Å²) in [6, 6.07) is 5.66. The molecule has 0 aromatic heterocycles. The van der Waals surface area contributed by atoms with Crippen molar-refractivity contribution in [3.8, 4) is 0 Å². The molecule has 1 aromatic carbocycles. The Bertz CT molecular complexity index is 418. The number of carbonyl (C=O) groups is 1. The third-order valence-corrected chi connectivity index (χ3v) is 2.18. The lowest BCUT2D eigenvalue weighted by Gasteiger charge is -2.05. The van der Waals surface area contributed by atoms with Crippen LogP contribution in [-0.4, -0.2) is 12.0 Å². The van der Waals surface area contributed by atoms with Crippen molar-refractivity contribution in [1.29, 1.82) is 0 Å². The van der Waals surface area contributed by atoms with Crippen LogP contribution in [-0.2, 0) is 0 Å². The monoisotopic (exact) mass is 248 g/mol. The van der Waals surface area contributed by atoms with Crippen LogP contribution in [0.15, 0.2) is 35.9 Å². The quantitative estimate of drug-likeness (QED) is 0.570. The highest BCUT2D eigenvalue weighted by Crippen LogP contribution is 2.25. The van der Waals surface area contributed by atoms with Gasteiger partial charge in [-0.3, -0.25) is 4.79 Å². The Labute approximate surface area is 95.5 Å². The summed E-state index contributed by atoms with van der Waals surface area (Å²) >= 11 is 5.59. The zero-order valence-corrected chi connectivity index (χ0v) is 9.06. The molecule has 0 radical (unpaired) electrons. The highest BCUT2D eigenvalue weighted by Gasteiger charge is 2.30. The minimum Gasteiger partial charge on any atom is -0.289 e. The normalized spacial score (nSPS) is 12.7. The van der Waals surface area contributed by atoms with Crippen LogP contribution in [0.4, 0.5) is 13.2 Å². The van der Waals surface area contributed by atoms with E-state index in [9.17, 15) is 18.0 Å². The summed E-state index contributed by atoms with van der Waals surface area (Å²) in [5, 5.41) is 0.424. The van der Waals surface area contributed by atoms with Gasteiger partial charge in [0.15, 0.2) is 5.78 Å². The Morgan fingerprint density at radius 2 is 1.75 bits per heavy atom. The van der Waals surface area contributed by atoms with Crippen molar-refractivity contribution >= 4 is 17.4 Å². The summed E-state index contributed by atoms with van der Waals surface area (Å²) in [6.45, 7) is 0.855. The number of hydrogen-bond donors (Lipinski definition) is 0. The maximum absolute atomic E-state index is 12.1. The number of allylic oxidation sites excluding steroid dienone is 2. The second kappa shape index (κ2) is 4.70. The molecule has 0 aliphatic rings. The second-order valence-electron chi connectivity index (χ2n) is 3.20. The van der Waals surface area contributed by atoms with Gasteiger partial charge >= 0.3 is 6.18 Å². The second-order valence-corrected chi connectivity index (χ2v) is 3.63. The van der Waals surface area contributed by atoms with Gasteiger partial charge in [0.2, 0.25) is 0 Å². The first kappa shape index (κ1) is 12.8. The van der Waals surface area contributed by atoms with E-state index >= 15 is 0 Å². The Morgan fingerprint density at radius 3 is 2.19 bits per heavy atom. The number of rotatable bonds is 2. The van der Waals surface area contributed by atoms with E-state index in [1.165, 1.54) is 24.3 Å². The molecule has 1 aromatic rings. The lowest BCUT2D eigenvalue weighted by molar-refractivity contribution is -0.0913. The number of carbonyl (C=O) groups excluding carboxylic acids is 1. The summed E-state index contributed by atoms with van der Waals surface area (Å²) in [5.74, 6) is -0.688. The highest BCUT2D eigenvalue weighted by molar-refractivity contribution is 6.30. The summed E-state index contributed by atoms with van der Waals surface area (Å²) in [6.07, 6.45) is -3.90. The number of ketones is 1. The average Bonchev–Trinajstić information content (AvgIpc) is 2.17. The van der Waals surface area contributed by atoms with Crippen molar-refractivity contribution in [2.75, 3.05) is 0 Å². The third kappa shape index (κ3) is 3.38. The van der Waals surface area contributed by atoms with E-state index in [1.54, 1.807) is 0 Å². The molecule has 0 fully saturated rings. The molecule has 0 bridgehead atoms. The van der Waals surface area contributed by atoms with Crippen molar-refractivity contribution in [3.63, 3.8) is 0 Å². The van der Waals surface area contributed by atoms with Gasteiger partial charge in [-0.05, 0) is 37.3 Å². The molecule has 0 spiro atoms. The molecule has 0 aliphatic carbocycles. The van der Waals surface area contributed by atoms with Gasteiger partial charge in [0.1, 0.15) is 0 Å². The van der Waals surface area contributed by atoms with Gasteiger partial charge in [-0.2, -0.15) is 13.2 Å². The number of halogens is 4. The van der Waals surface area contributed by atoms with Crippen molar-refractivity contribution < 1.29 is 18.0 Å². The number of benzene rings is 1. The van der Waals surface area contributed by atoms with Crippen LogP contribution in [0.2, 0.25) is 5.02 Å². The largest absolute Gasteiger partial charge is 0.412 e. The summed E-state index contributed by atoms with van der Waals surface area (Å²) in [7, 11) is 0. The van der Waals surface area contributed by atoms with Gasteiger partial charge in [0.05, 0.1) is 0 Å². The molecular weight excluding hydrogens is 241 g/mol. The van der Waals surface area contributed by atoms with E-state index in [-0.39, 0.29) is 5.56 Å². The van der Waals surface area contributed by atoms with Crippen LogP contribution in [0.5, 0.6) is 0 Å². The molecule has 0 saturated heterocycles. The Balaban J connectivity index is 2.92. The van der Waals surface area contributed by atoms with E-state index in [4.69, 9.17) is 11.6 Å². The highest BCUT2D eigenvalue weighted by atomic mass is 35.5. The van der Waals surface area contributed by atoms with Crippen LogP contribution >= 0.6 is 11.6 Å². The summed E-state index contributed by atoms with van der Waals surface area (Å²) in [4.78, 5) is 11.4. The fraction of sp³-hybridized carbons (Fsp3) is 0.182. The lowest BCUT2D eigenvalue weighted by Crippen LogP contribution is -2.10. The Morgan fingerprint density at radius 1 is 1.25 bits per heavy atom. The van der Waals surface area contributed by atoms with Crippen LogP contribution in [0, 0.1) is 0 Å². The zero-order chi connectivity index (χ0) is 12.3. The van der Waals surface area contributed by atoms with Crippen molar-refractivity contribution in [3.05, 3.63) is 46.5 Å². The molecular formula is C11H8ClF3O. The smallest absolute Gasteiger partial charge is 0.289 e. The van der Waals surface area contributed by atoms with Crippen LogP contribution in [0.25, 0.3) is 0 Å². The van der Waals surface area contributed by atoms with Crippen molar-refractivity contribution in [1.82, 2.24) is 0 Å². The lowest BCUT2D eigenvalue weighted by atomic mass is 10.1. The predicted molar refractivity (Wildman–Crippen MR) is 55.6 cm³/mol. The molecule has 0 N–H and O–H groups in total. The molecule has 86 valence electrons. The Kier molecular flexibility index (Phi) is 3.75. The maximum atomic E-state index is 12.1. The fourth-order valence-electron chi connectivity index (χ4n) is 0.976. The minimum absolute atomic E-state index is 0.174. The molecule has 0 saturated carbocycles. The van der Waals surface area contributed by atoms with E-state index in [0.29, 0.717) is 11.1 Å². The van der Waals surface area contributed by atoms with Gasteiger partial charge in [-0.15, -0.1) is 0 Å². The number of hydrogen-bond acceptors (Lipinski definition) is 1. The minimum atomic E-state index is -4.47. The number of alkyl halides is 3. The molecule has 0 atom stereocenters. The van der Waals surface area contributed by atoms with E-state index in [1.807, 2.05) is 0 Å². The van der Waals surface area contributed by atoms with Crippen molar-refractivity contribution in [2.45, 2.75) is 13.1 Å². The van der Waals surface area contributed by atoms with E-state index in [0.717, 1.165) is 6.92 Å². The first-order valence-electron chi connectivity index (χ1n) is 4.36. The molecule has 1 nitrogen and oxygen atoms in total. The Hall–Kier alpha value is -1.29. The molecule has 5 heteroatoms. The average molecular weight is 249 g/mol. The van der Waals surface area contributed by atoms with E-state index in [2.05, 4.69) is 0 Å². The summed E-state index contributed by atoms with van der Waals surface area (Å²) < 4.78 is 36.4. The predicted octanol–water partition coefficient (Wildman–Crippen LogP) is 4.03. The van der Waals surface area contributed by atoms with Crippen LogP contribution < -0.4 is 0 Å². The topological polar surface area (TPSA) is 17.1 Å². The third-order valence-electron chi connectivity index (χ3n) is 1.92. The standard InChI is InChI=1S/C11H8ClF3O/c1-7(11(13,14)15)6-10(16)8-2-4-9(12)5-3-8/h2-6H,1H3/b7-6+. The van der Waals surface area contributed by atoms with Crippen molar-refractivity contribution in [2.24, 2.45) is 0 Å². The van der Waals surface area contributed by atoms with Gasteiger partial charge < -0.3 is 0 Å². The van der Waals surface area contributed by atoms with Crippen LogP contribution in [0.1, 0.15) is 17.3 Å². The first-order chi connectivity index (χ1) is 7.30. The van der Waals surface area contributed by atoms with Gasteiger partial charge in [0, 0.05) is 16.2 Å². The maximum Gasteiger partial charge on any atom is 0.412 e. The first-order valence-corrected chi connectivity index (χ1v) is 4.74. The van der Waals surface area contributed by atoms with Gasteiger partial charge in [-0.25, -0.2) is 0 Å². The zero-order valence-electron chi connectivity index (χ0n) is 8.31. The molecule has 0 aliphatic heterocycles.